The molecule has 0 saturated carbocycles. The van der Waals surface area contributed by atoms with Gasteiger partial charge < -0.3 is 5.11 Å². The van der Waals surface area contributed by atoms with Crippen molar-refractivity contribution in [1.82, 2.24) is 0 Å². The number of benzene rings is 1. The zero-order valence-electron chi connectivity index (χ0n) is 10.1. The predicted molar refractivity (Wildman–Crippen MR) is 70.7 cm³/mol. The Morgan fingerprint density at radius 3 is 2.59 bits per heavy atom. The molecular weight excluding hydrogens is 212 g/mol. The van der Waals surface area contributed by atoms with Crippen LogP contribution in [0.2, 0.25) is 0 Å². The van der Waals surface area contributed by atoms with Gasteiger partial charge in [0, 0.05) is 0 Å². The minimum Gasteiger partial charge on any atom is -0.478 e. The number of hydrogen-bond donors (Lipinski definition) is 1. The predicted octanol–water partition coefficient (Wildman–Crippen LogP) is 3.90. The number of carboxylic acid groups (broad SMARTS) is 1. The fraction of sp³-hybridized carbons (Fsp3) is 0.267. The normalized spacial score (nSPS) is 11.9. The average molecular weight is 230 g/mol. The number of hydrogen-bond acceptors (Lipinski definition) is 1. The van der Waals surface area contributed by atoms with Gasteiger partial charge in [-0.2, -0.15) is 0 Å². The monoisotopic (exact) mass is 230 g/mol. The molecule has 0 heterocycles. The van der Waals surface area contributed by atoms with Crippen molar-refractivity contribution in [2.75, 3.05) is 0 Å². The molecule has 0 aliphatic heterocycles. The van der Waals surface area contributed by atoms with E-state index in [1.54, 1.807) is 18.2 Å². The van der Waals surface area contributed by atoms with E-state index < -0.39 is 5.97 Å². The molecule has 0 radical (unpaired) electrons. The largest absolute Gasteiger partial charge is 0.478 e. The Morgan fingerprint density at radius 2 is 2.00 bits per heavy atom. The standard InChI is InChI=1S/C15H18O2/c1-2-3-4-5-9-12-14(15(16)17)13-10-7-6-8-11-13/h5-12H,2-4H2,1H3,(H,16,17). The van der Waals surface area contributed by atoms with Crippen LogP contribution in [-0.4, -0.2) is 11.1 Å². The second-order valence-corrected chi connectivity index (χ2v) is 3.82. The van der Waals surface area contributed by atoms with Gasteiger partial charge in [0.2, 0.25) is 0 Å². The van der Waals surface area contributed by atoms with E-state index in [0.717, 1.165) is 24.8 Å². The lowest BCUT2D eigenvalue weighted by Crippen LogP contribution is -1.98. The molecule has 17 heavy (non-hydrogen) atoms. The van der Waals surface area contributed by atoms with Crippen molar-refractivity contribution in [2.24, 2.45) is 0 Å². The molecule has 2 heteroatoms. The molecule has 0 aromatic heterocycles. The van der Waals surface area contributed by atoms with Crippen LogP contribution in [0.15, 0.2) is 48.6 Å². The van der Waals surface area contributed by atoms with E-state index in [-0.39, 0.29) is 0 Å². The SMILES string of the molecule is CCCCC=CC=C(C(=O)O)c1ccccc1. The summed E-state index contributed by atoms with van der Waals surface area (Å²) in [5.74, 6) is -0.892. The molecule has 90 valence electrons. The molecule has 0 amide bonds. The van der Waals surface area contributed by atoms with Crippen molar-refractivity contribution in [3.05, 3.63) is 54.1 Å². The maximum absolute atomic E-state index is 11.1. The Hall–Kier alpha value is -1.83. The molecule has 1 aromatic carbocycles. The Balaban J connectivity index is 2.77. The van der Waals surface area contributed by atoms with E-state index in [4.69, 9.17) is 5.11 Å². The molecule has 1 aromatic rings. The fourth-order valence-electron chi connectivity index (χ4n) is 1.49. The molecular formula is C15H18O2. The summed E-state index contributed by atoms with van der Waals surface area (Å²) in [5, 5.41) is 9.13. The minimum absolute atomic E-state index is 0.332. The van der Waals surface area contributed by atoms with Gasteiger partial charge in [-0.1, -0.05) is 62.2 Å². The molecule has 0 fully saturated rings. The van der Waals surface area contributed by atoms with Crippen LogP contribution < -0.4 is 0 Å². The lowest BCUT2D eigenvalue weighted by atomic mass is 10.1. The number of rotatable bonds is 6. The molecule has 0 bridgehead atoms. The van der Waals surface area contributed by atoms with Gasteiger partial charge >= 0.3 is 5.97 Å². The molecule has 0 saturated heterocycles. The molecule has 1 N–H and O–H groups in total. The van der Waals surface area contributed by atoms with E-state index in [1.807, 2.05) is 30.4 Å². The third-order valence-electron chi connectivity index (χ3n) is 2.44. The first-order valence-corrected chi connectivity index (χ1v) is 5.91. The summed E-state index contributed by atoms with van der Waals surface area (Å²) in [6, 6.07) is 9.17. The smallest absolute Gasteiger partial charge is 0.336 e. The second kappa shape index (κ2) is 7.44. The van der Waals surface area contributed by atoms with Crippen LogP contribution in [0, 0.1) is 0 Å². The number of unbranched alkanes of at least 4 members (excludes halogenated alkanes) is 2. The highest BCUT2D eigenvalue weighted by Gasteiger charge is 2.07. The van der Waals surface area contributed by atoms with Crippen molar-refractivity contribution in [1.29, 1.82) is 0 Å². The zero-order chi connectivity index (χ0) is 12.5. The third-order valence-corrected chi connectivity index (χ3v) is 2.44. The maximum atomic E-state index is 11.1. The van der Waals surface area contributed by atoms with Crippen molar-refractivity contribution >= 4 is 11.5 Å². The van der Waals surface area contributed by atoms with Gasteiger partial charge in [-0.05, 0) is 18.1 Å². The number of aliphatic carboxylic acids is 1. The van der Waals surface area contributed by atoms with Crippen LogP contribution >= 0.6 is 0 Å². The van der Waals surface area contributed by atoms with Crippen molar-refractivity contribution in [2.45, 2.75) is 26.2 Å². The van der Waals surface area contributed by atoms with Crippen LogP contribution in [-0.2, 0) is 4.79 Å². The Bertz CT molecular complexity index is 402. The van der Waals surface area contributed by atoms with Gasteiger partial charge in [0.25, 0.3) is 0 Å². The molecule has 0 aliphatic carbocycles. The number of carbonyl (C=O) groups is 1. The van der Waals surface area contributed by atoms with Gasteiger partial charge in [0.05, 0.1) is 5.57 Å². The van der Waals surface area contributed by atoms with E-state index in [2.05, 4.69) is 6.92 Å². The van der Waals surface area contributed by atoms with Crippen LogP contribution in [0.5, 0.6) is 0 Å². The van der Waals surface area contributed by atoms with E-state index in [1.165, 1.54) is 0 Å². The van der Waals surface area contributed by atoms with E-state index in [9.17, 15) is 4.79 Å². The zero-order valence-corrected chi connectivity index (χ0v) is 10.1. The molecule has 0 aliphatic rings. The lowest BCUT2D eigenvalue weighted by Gasteiger charge is -2.00. The third kappa shape index (κ3) is 4.68. The van der Waals surface area contributed by atoms with Crippen molar-refractivity contribution in [3.8, 4) is 0 Å². The van der Waals surface area contributed by atoms with Crippen LogP contribution in [0.25, 0.3) is 5.57 Å². The minimum atomic E-state index is -0.892. The maximum Gasteiger partial charge on any atom is 0.336 e. The van der Waals surface area contributed by atoms with E-state index in [0.29, 0.717) is 5.57 Å². The Labute approximate surface area is 102 Å². The summed E-state index contributed by atoms with van der Waals surface area (Å²) in [7, 11) is 0. The van der Waals surface area contributed by atoms with Crippen LogP contribution in [0.1, 0.15) is 31.7 Å². The first kappa shape index (κ1) is 13.2. The molecule has 2 nitrogen and oxygen atoms in total. The van der Waals surface area contributed by atoms with Crippen molar-refractivity contribution < 1.29 is 9.90 Å². The summed E-state index contributed by atoms with van der Waals surface area (Å²) in [6.45, 7) is 2.14. The van der Waals surface area contributed by atoms with Gasteiger partial charge in [0.1, 0.15) is 0 Å². The van der Waals surface area contributed by atoms with E-state index >= 15 is 0 Å². The Kier molecular flexibility index (Phi) is 5.80. The Morgan fingerprint density at radius 1 is 1.29 bits per heavy atom. The molecule has 0 atom stereocenters. The quantitative estimate of drug-likeness (QED) is 0.457. The van der Waals surface area contributed by atoms with Gasteiger partial charge in [0.15, 0.2) is 0 Å². The molecule has 0 unspecified atom stereocenters. The van der Waals surface area contributed by atoms with Crippen LogP contribution in [0.3, 0.4) is 0 Å². The summed E-state index contributed by atoms with van der Waals surface area (Å²) >= 11 is 0. The summed E-state index contributed by atoms with van der Waals surface area (Å²) < 4.78 is 0. The number of allylic oxidation sites excluding steroid dienone is 3. The van der Waals surface area contributed by atoms with Gasteiger partial charge in [-0.25, -0.2) is 4.79 Å². The van der Waals surface area contributed by atoms with Gasteiger partial charge in [-0.15, -0.1) is 0 Å². The first-order valence-electron chi connectivity index (χ1n) is 5.91. The lowest BCUT2D eigenvalue weighted by molar-refractivity contribution is -0.130. The average Bonchev–Trinajstić information content (AvgIpc) is 2.34. The highest BCUT2D eigenvalue weighted by Crippen LogP contribution is 2.14. The highest BCUT2D eigenvalue weighted by molar-refractivity contribution is 6.15. The first-order chi connectivity index (χ1) is 8.25. The topological polar surface area (TPSA) is 37.3 Å². The summed E-state index contributed by atoms with van der Waals surface area (Å²) in [4.78, 5) is 11.1. The summed E-state index contributed by atoms with van der Waals surface area (Å²) in [6.07, 6.45) is 8.78. The van der Waals surface area contributed by atoms with Gasteiger partial charge in [-0.3, -0.25) is 0 Å². The summed E-state index contributed by atoms with van der Waals surface area (Å²) in [5.41, 5.74) is 1.07. The number of carboxylic acids is 1. The van der Waals surface area contributed by atoms with Crippen molar-refractivity contribution in [3.63, 3.8) is 0 Å². The molecule has 0 spiro atoms. The highest BCUT2D eigenvalue weighted by atomic mass is 16.4. The molecule has 1 rings (SSSR count). The second-order valence-electron chi connectivity index (χ2n) is 3.82. The van der Waals surface area contributed by atoms with Crippen LogP contribution in [0.4, 0.5) is 0 Å². The fourth-order valence-corrected chi connectivity index (χ4v) is 1.49.